The zero-order valence-electron chi connectivity index (χ0n) is 17.4. The first kappa shape index (κ1) is 25.8. The van der Waals surface area contributed by atoms with E-state index < -0.39 is 5.51 Å². The quantitative estimate of drug-likeness (QED) is 0.337. The average Bonchev–Trinajstić information content (AvgIpc) is 3.33. The van der Waals surface area contributed by atoms with Crippen molar-refractivity contribution in [2.24, 2.45) is 0 Å². The smallest absolute Gasteiger partial charge is 0.365 e. The Labute approximate surface area is 195 Å². The fourth-order valence-electron chi connectivity index (χ4n) is 2.41. The summed E-state index contributed by atoms with van der Waals surface area (Å²) in [6.07, 6.45) is 0.947. The van der Waals surface area contributed by atoms with Gasteiger partial charge in [-0.15, -0.1) is 22.7 Å². The highest BCUT2D eigenvalue weighted by atomic mass is 32.2. The minimum Gasteiger partial charge on any atom is -0.365 e. The minimum absolute atomic E-state index is 0.0548. The topological polar surface area (TPSA) is 84.0 Å². The van der Waals surface area contributed by atoms with Gasteiger partial charge >= 0.3 is 5.51 Å². The van der Waals surface area contributed by atoms with Crippen molar-refractivity contribution < 1.29 is 22.8 Å². The number of carbonyl (C=O) groups excluding carboxylic acids is 2. The number of thiazole rings is 2. The van der Waals surface area contributed by atoms with Crippen LogP contribution in [-0.2, 0) is 22.6 Å². The molecule has 0 aliphatic rings. The number of rotatable bonds is 7. The number of hydrogen-bond acceptors (Lipinski definition) is 8. The van der Waals surface area contributed by atoms with Crippen LogP contribution >= 0.6 is 34.4 Å². The molecular weight excluding hydrogens is 481 g/mol. The Morgan fingerprint density at radius 2 is 1.91 bits per heavy atom. The number of alkyl halides is 3. The van der Waals surface area contributed by atoms with E-state index >= 15 is 0 Å². The number of halogens is 3. The number of aldehydes is 1. The van der Waals surface area contributed by atoms with Crippen LogP contribution in [0, 0.1) is 6.92 Å². The predicted octanol–water partition coefficient (Wildman–Crippen LogP) is 5.29. The summed E-state index contributed by atoms with van der Waals surface area (Å²) in [5.74, 6) is -0.0548. The van der Waals surface area contributed by atoms with Crippen LogP contribution in [0.5, 0.6) is 0 Å². The molecule has 0 aliphatic heterocycles. The third kappa shape index (κ3) is 8.60. The van der Waals surface area contributed by atoms with Gasteiger partial charge in [-0.25, -0.2) is 9.97 Å². The maximum absolute atomic E-state index is 11.9. The van der Waals surface area contributed by atoms with Crippen molar-refractivity contribution in [3.05, 3.63) is 45.9 Å². The van der Waals surface area contributed by atoms with E-state index in [2.05, 4.69) is 20.6 Å². The number of hydrogen-bond donors (Lipinski definition) is 2. The Hall–Kier alpha value is -2.44. The number of aryl methyl sites for hydroxylation is 1. The highest BCUT2D eigenvalue weighted by Gasteiger charge is 2.28. The van der Waals surface area contributed by atoms with Gasteiger partial charge in [0.1, 0.15) is 6.29 Å². The van der Waals surface area contributed by atoms with Crippen molar-refractivity contribution in [1.82, 2.24) is 15.3 Å². The molecule has 2 aromatic heterocycles. The van der Waals surface area contributed by atoms with E-state index in [4.69, 9.17) is 0 Å². The fourth-order valence-corrected chi connectivity index (χ4v) is 4.59. The summed E-state index contributed by atoms with van der Waals surface area (Å²) in [5.41, 5.74) is -1.76. The van der Waals surface area contributed by atoms with Gasteiger partial charge in [-0.05, 0) is 36.4 Å². The van der Waals surface area contributed by atoms with Crippen LogP contribution in [0.25, 0.3) is 10.6 Å². The summed E-state index contributed by atoms with van der Waals surface area (Å²) >= 11 is 2.99. The Balaban J connectivity index is 0.000000235. The number of amides is 1. The van der Waals surface area contributed by atoms with Crippen LogP contribution in [0.1, 0.15) is 23.2 Å². The Bertz CT molecular complexity index is 1030. The summed E-state index contributed by atoms with van der Waals surface area (Å²) < 4.78 is 35.7. The second-order valence-electron chi connectivity index (χ2n) is 6.27. The average molecular weight is 503 g/mol. The molecule has 3 aromatic rings. The zero-order valence-corrected chi connectivity index (χ0v) is 19.9. The van der Waals surface area contributed by atoms with Crippen molar-refractivity contribution in [3.8, 4) is 10.6 Å². The number of benzene rings is 1. The van der Waals surface area contributed by atoms with E-state index in [1.54, 1.807) is 22.7 Å². The second-order valence-corrected chi connectivity index (χ2v) is 9.47. The summed E-state index contributed by atoms with van der Waals surface area (Å²) in [7, 11) is 1.85. The number of nitrogens with one attached hydrogen (secondary N) is 2. The van der Waals surface area contributed by atoms with Gasteiger partial charge in [0, 0.05) is 30.7 Å². The van der Waals surface area contributed by atoms with Crippen molar-refractivity contribution in [3.63, 3.8) is 0 Å². The molecule has 0 unspecified atom stereocenters. The molecule has 0 atom stereocenters. The molecule has 1 amide bonds. The van der Waals surface area contributed by atoms with Gasteiger partial charge in [0.25, 0.3) is 0 Å². The molecule has 0 fully saturated rings. The van der Waals surface area contributed by atoms with Crippen LogP contribution in [0.4, 0.5) is 18.3 Å². The molecule has 172 valence electrons. The zero-order chi connectivity index (χ0) is 23.7. The number of carbonyl (C=O) groups is 2. The molecule has 12 heteroatoms. The normalized spacial score (nSPS) is 10.8. The van der Waals surface area contributed by atoms with E-state index in [0.29, 0.717) is 18.4 Å². The van der Waals surface area contributed by atoms with Crippen LogP contribution in [0.2, 0.25) is 0 Å². The molecule has 32 heavy (non-hydrogen) atoms. The van der Waals surface area contributed by atoms with Crippen LogP contribution < -0.4 is 10.6 Å². The highest BCUT2D eigenvalue weighted by molar-refractivity contribution is 8.00. The summed E-state index contributed by atoms with van der Waals surface area (Å²) in [5, 5.41) is 9.64. The third-order valence-corrected chi connectivity index (χ3v) is 6.37. The Morgan fingerprint density at radius 1 is 1.22 bits per heavy atom. The molecule has 0 saturated carbocycles. The number of aromatic nitrogens is 2. The van der Waals surface area contributed by atoms with Crippen molar-refractivity contribution in [2.75, 3.05) is 12.4 Å². The van der Waals surface area contributed by atoms with Gasteiger partial charge in [-0.2, -0.15) is 13.2 Å². The van der Waals surface area contributed by atoms with Gasteiger partial charge in [-0.3, -0.25) is 4.79 Å². The summed E-state index contributed by atoms with van der Waals surface area (Å²) in [6, 6.07) is 5.75. The van der Waals surface area contributed by atoms with Crippen molar-refractivity contribution in [2.45, 2.75) is 37.2 Å². The van der Waals surface area contributed by atoms with Crippen LogP contribution in [0.3, 0.4) is 0 Å². The van der Waals surface area contributed by atoms with E-state index in [0.717, 1.165) is 26.4 Å². The summed E-state index contributed by atoms with van der Waals surface area (Å²) in [4.78, 5) is 31.1. The van der Waals surface area contributed by atoms with Gasteiger partial charge < -0.3 is 15.4 Å². The first-order valence-corrected chi connectivity index (χ1v) is 11.7. The molecule has 0 radical (unpaired) electrons. The van der Waals surface area contributed by atoms with Crippen LogP contribution in [-0.4, -0.2) is 34.7 Å². The molecule has 0 aliphatic carbocycles. The standard InChI is InChI=1S/C11H14N4OS2.C9H7F3OS/c1-6(16)13-4-8-10(18-7(2)14-8)9-5-17-11(12-3)15-9;10-9(11,12)14-8-3-1-7(2-4-8)5-6-13/h5H,4H2,1-3H3,(H,12,15)(H,13,16);1-4,6H,5H2. The van der Waals surface area contributed by atoms with E-state index in [1.807, 2.05) is 19.4 Å². The second kappa shape index (κ2) is 12.0. The van der Waals surface area contributed by atoms with Gasteiger partial charge in [-0.1, -0.05) is 12.1 Å². The lowest BCUT2D eigenvalue weighted by atomic mass is 10.2. The minimum atomic E-state index is -4.26. The molecule has 2 heterocycles. The SMILES string of the molecule is CNc1nc(-c2sc(C)nc2CNC(C)=O)cs1.O=CCc1ccc(SC(F)(F)F)cc1. The molecule has 2 N–H and O–H groups in total. The molecule has 0 bridgehead atoms. The van der Waals surface area contributed by atoms with Gasteiger partial charge in [0.05, 0.1) is 27.8 Å². The summed E-state index contributed by atoms with van der Waals surface area (Å²) in [6.45, 7) is 3.90. The highest BCUT2D eigenvalue weighted by Crippen LogP contribution is 2.36. The first-order valence-electron chi connectivity index (χ1n) is 9.24. The molecule has 0 saturated heterocycles. The van der Waals surface area contributed by atoms with Gasteiger partial charge in [0.15, 0.2) is 5.13 Å². The molecular formula is C20H21F3N4O2S3. The molecule has 3 rings (SSSR count). The fraction of sp³-hybridized carbons (Fsp3) is 0.300. The first-order chi connectivity index (χ1) is 15.1. The lowest BCUT2D eigenvalue weighted by Gasteiger charge is -2.05. The van der Waals surface area contributed by atoms with E-state index in [-0.39, 0.29) is 29.0 Å². The van der Waals surface area contributed by atoms with E-state index in [1.165, 1.54) is 31.2 Å². The van der Waals surface area contributed by atoms with Crippen LogP contribution in [0.15, 0.2) is 34.5 Å². The Morgan fingerprint density at radius 3 is 2.44 bits per heavy atom. The number of nitrogens with zero attached hydrogens (tertiary/aromatic N) is 2. The van der Waals surface area contributed by atoms with E-state index in [9.17, 15) is 22.8 Å². The number of anilines is 1. The van der Waals surface area contributed by atoms with Crippen molar-refractivity contribution >= 4 is 51.8 Å². The predicted molar refractivity (Wildman–Crippen MR) is 123 cm³/mol. The Kier molecular flexibility index (Phi) is 9.66. The lowest BCUT2D eigenvalue weighted by molar-refractivity contribution is -0.119. The monoisotopic (exact) mass is 502 g/mol. The molecule has 1 aromatic carbocycles. The molecule has 0 spiro atoms. The maximum atomic E-state index is 11.9. The molecule has 6 nitrogen and oxygen atoms in total. The lowest BCUT2D eigenvalue weighted by Crippen LogP contribution is -2.19. The largest absolute Gasteiger partial charge is 0.446 e. The van der Waals surface area contributed by atoms with Crippen molar-refractivity contribution in [1.29, 1.82) is 0 Å². The maximum Gasteiger partial charge on any atom is 0.446 e. The van der Waals surface area contributed by atoms with Gasteiger partial charge in [0.2, 0.25) is 5.91 Å². The third-order valence-electron chi connectivity index (χ3n) is 3.74. The number of thioether (sulfide) groups is 1.